The zero-order valence-corrected chi connectivity index (χ0v) is 15.3. The first-order valence-electron chi connectivity index (χ1n) is 8.69. The van der Waals surface area contributed by atoms with Gasteiger partial charge in [0.25, 0.3) is 5.91 Å². The molecule has 0 saturated carbocycles. The second kappa shape index (κ2) is 8.50. The Balaban J connectivity index is 1.85. The number of carbonyl (C=O) groups is 2. The monoisotopic (exact) mass is 345 g/mol. The molecule has 3 amide bonds. The second-order valence-corrected chi connectivity index (χ2v) is 6.75. The summed E-state index contributed by atoms with van der Waals surface area (Å²) >= 11 is 0. The van der Waals surface area contributed by atoms with Gasteiger partial charge in [-0.15, -0.1) is 0 Å². The summed E-state index contributed by atoms with van der Waals surface area (Å²) < 4.78 is 1.69. The van der Waals surface area contributed by atoms with E-state index in [2.05, 4.69) is 35.0 Å². The van der Waals surface area contributed by atoms with Crippen molar-refractivity contribution >= 4 is 17.6 Å². The predicted octanol–water partition coefficient (Wildman–Crippen LogP) is 2.80. The van der Waals surface area contributed by atoms with E-state index in [9.17, 15) is 9.59 Å². The van der Waals surface area contributed by atoms with Crippen LogP contribution in [-0.2, 0) is 0 Å². The molecule has 7 heteroatoms. The summed E-state index contributed by atoms with van der Waals surface area (Å²) in [6.45, 7) is 8.08. The van der Waals surface area contributed by atoms with Crippen LogP contribution in [0.2, 0.25) is 0 Å². The fourth-order valence-electron chi connectivity index (χ4n) is 2.72. The first-order chi connectivity index (χ1) is 11.9. The van der Waals surface area contributed by atoms with E-state index >= 15 is 0 Å². The number of hydrazine groups is 1. The van der Waals surface area contributed by atoms with Gasteiger partial charge in [-0.25, -0.2) is 15.2 Å². The first-order valence-corrected chi connectivity index (χ1v) is 8.69. The molecule has 0 saturated heterocycles. The van der Waals surface area contributed by atoms with Crippen molar-refractivity contribution in [1.29, 1.82) is 0 Å². The van der Waals surface area contributed by atoms with Gasteiger partial charge in [0.1, 0.15) is 11.3 Å². The minimum absolute atomic E-state index is 0.0492. The fourth-order valence-corrected chi connectivity index (χ4v) is 2.72. The number of carbonyl (C=O) groups excluding carboxylic acids is 2. The zero-order chi connectivity index (χ0) is 18.4. The summed E-state index contributed by atoms with van der Waals surface area (Å²) in [6, 6.07) is 5.13. The maximum Gasteiger partial charge on any atom is 0.333 e. The molecule has 136 valence electrons. The Morgan fingerprint density at radius 1 is 1.16 bits per heavy atom. The molecule has 2 aromatic rings. The van der Waals surface area contributed by atoms with Crippen molar-refractivity contribution < 1.29 is 9.59 Å². The van der Waals surface area contributed by atoms with E-state index in [0.717, 1.165) is 19.3 Å². The van der Waals surface area contributed by atoms with Gasteiger partial charge in [-0.3, -0.25) is 14.6 Å². The number of pyridine rings is 1. The van der Waals surface area contributed by atoms with Crippen molar-refractivity contribution in [3.8, 4) is 0 Å². The van der Waals surface area contributed by atoms with E-state index in [1.165, 1.54) is 0 Å². The van der Waals surface area contributed by atoms with Crippen molar-refractivity contribution in [3.05, 3.63) is 35.8 Å². The third-order valence-electron chi connectivity index (χ3n) is 4.00. The lowest BCUT2D eigenvalue weighted by Gasteiger charge is -2.15. The summed E-state index contributed by atoms with van der Waals surface area (Å²) in [5.74, 6) is 0.257. The molecular weight excluding hydrogens is 318 g/mol. The molecule has 0 aromatic carbocycles. The molecule has 1 unspecified atom stereocenters. The number of amides is 3. The third kappa shape index (κ3) is 5.20. The van der Waals surface area contributed by atoms with Crippen molar-refractivity contribution in [2.24, 2.45) is 5.92 Å². The second-order valence-electron chi connectivity index (χ2n) is 6.75. The highest BCUT2D eigenvalue weighted by molar-refractivity contribution is 5.95. The molecule has 2 rings (SSSR count). The molecule has 1 atom stereocenters. The molecule has 0 spiro atoms. The van der Waals surface area contributed by atoms with E-state index in [1.54, 1.807) is 17.5 Å². The number of aryl methyl sites for hydroxylation is 1. The van der Waals surface area contributed by atoms with E-state index < -0.39 is 11.9 Å². The van der Waals surface area contributed by atoms with Gasteiger partial charge in [0, 0.05) is 12.2 Å². The number of rotatable bonds is 6. The Bertz CT molecular complexity index is 738. The van der Waals surface area contributed by atoms with Crippen LogP contribution in [0.5, 0.6) is 0 Å². The lowest BCUT2D eigenvalue weighted by atomic mass is 10.0. The molecule has 3 N–H and O–H groups in total. The van der Waals surface area contributed by atoms with Crippen molar-refractivity contribution in [1.82, 2.24) is 25.6 Å². The minimum Gasteiger partial charge on any atom is -0.334 e. The van der Waals surface area contributed by atoms with E-state index in [0.29, 0.717) is 23.0 Å². The standard InChI is InChI=1S/C18H27N5O2/c1-12(2)8-7-9-13(3)19-18(25)22-21-17(24)16-14(4)20-15-10-5-6-11-23(15)16/h5-6,10-13H,7-9H2,1-4H3,(H,21,24)(H2,19,22,25). The van der Waals surface area contributed by atoms with Crippen LogP contribution in [0.1, 0.15) is 56.2 Å². The highest BCUT2D eigenvalue weighted by atomic mass is 16.2. The Kier molecular flexibility index (Phi) is 6.38. The zero-order valence-electron chi connectivity index (χ0n) is 15.3. The molecular formula is C18H27N5O2. The maximum atomic E-state index is 12.4. The number of imidazole rings is 1. The maximum absolute atomic E-state index is 12.4. The van der Waals surface area contributed by atoms with Gasteiger partial charge in [0.15, 0.2) is 0 Å². The van der Waals surface area contributed by atoms with Crippen LogP contribution in [-0.4, -0.2) is 27.4 Å². The predicted molar refractivity (Wildman–Crippen MR) is 97.2 cm³/mol. The summed E-state index contributed by atoms with van der Waals surface area (Å²) in [5, 5.41) is 2.82. The van der Waals surface area contributed by atoms with Crippen molar-refractivity contribution in [2.75, 3.05) is 0 Å². The molecule has 0 radical (unpaired) electrons. The lowest BCUT2D eigenvalue weighted by molar-refractivity contribution is 0.0929. The van der Waals surface area contributed by atoms with E-state index in [1.807, 2.05) is 25.1 Å². The molecule has 2 heterocycles. The van der Waals surface area contributed by atoms with Crippen LogP contribution in [0.25, 0.3) is 5.65 Å². The highest BCUT2D eigenvalue weighted by Gasteiger charge is 2.17. The molecule has 0 fully saturated rings. The topological polar surface area (TPSA) is 87.5 Å². The third-order valence-corrected chi connectivity index (χ3v) is 4.00. The van der Waals surface area contributed by atoms with Gasteiger partial charge in [-0.2, -0.15) is 0 Å². The Labute approximate surface area is 148 Å². The van der Waals surface area contributed by atoms with Gasteiger partial charge >= 0.3 is 6.03 Å². The van der Waals surface area contributed by atoms with E-state index in [-0.39, 0.29) is 6.04 Å². The number of hydrogen-bond acceptors (Lipinski definition) is 3. The van der Waals surface area contributed by atoms with Gasteiger partial charge < -0.3 is 5.32 Å². The van der Waals surface area contributed by atoms with Crippen molar-refractivity contribution in [3.63, 3.8) is 0 Å². The fraction of sp³-hybridized carbons (Fsp3) is 0.500. The first kappa shape index (κ1) is 18.8. The number of fused-ring (bicyclic) bond motifs is 1. The lowest BCUT2D eigenvalue weighted by Crippen LogP contribution is -2.49. The number of nitrogens with zero attached hydrogens (tertiary/aromatic N) is 2. The van der Waals surface area contributed by atoms with Crippen LogP contribution in [0, 0.1) is 12.8 Å². The minimum atomic E-state index is -0.420. The molecule has 7 nitrogen and oxygen atoms in total. The number of hydrogen-bond donors (Lipinski definition) is 3. The molecule has 25 heavy (non-hydrogen) atoms. The summed E-state index contributed by atoms with van der Waals surface area (Å²) in [7, 11) is 0. The van der Waals surface area contributed by atoms with Crippen LogP contribution in [0.15, 0.2) is 24.4 Å². The van der Waals surface area contributed by atoms with Crippen LogP contribution in [0.4, 0.5) is 4.79 Å². The Morgan fingerprint density at radius 3 is 2.64 bits per heavy atom. The van der Waals surface area contributed by atoms with Crippen LogP contribution in [0.3, 0.4) is 0 Å². The van der Waals surface area contributed by atoms with Gasteiger partial charge in [0.05, 0.1) is 5.69 Å². The molecule has 0 aliphatic rings. The van der Waals surface area contributed by atoms with Gasteiger partial charge in [0.2, 0.25) is 0 Å². The largest absolute Gasteiger partial charge is 0.334 e. The van der Waals surface area contributed by atoms with Crippen LogP contribution < -0.4 is 16.2 Å². The van der Waals surface area contributed by atoms with E-state index in [4.69, 9.17) is 0 Å². The Morgan fingerprint density at radius 2 is 1.92 bits per heavy atom. The molecule has 0 aliphatic heterocycles. The summed E-state index contributed by atoms with van der Waals surface area (Å²) in [4.78, 5) is 28.6. The summed E-state index contributed by atoms with van der Waals surface area (Å²) in [5.41, 5.74) is 6.53. The SMILES string of the molecule is Cc1nc2ccccn2c1C(=O)NNC(=O)NC(C)CCCC(C)C. The highest BCUT2D eigenvalue weighted by Crippen LogP contribution is 2.11. The average molecular weight is 345 g/mol. The quantitative estimate of drug-likeness (QED) is 0.704. The van der Waals surface area contributed by atoms with Crippen molar-refractivity contribution in [2.45, 2.75) is 53.0 Å². The smallest absolute Gasteiger partial charge is 0.333 e. The molecule has 2 aromatic heterocycles. The number of urea groups is 1. The molecule has 0 aliphatic carbocycles. The number of nitrogens with one attached hydrogen (secondary N) is 3. The number of aromatic nitrogens is 2. The van der Waals surface area contributed by atoms with Gasteiger partial charge in [-0.05, 0) is 38.3 Å². The average Bonchev–Trinajstić information content (AvgIpc) is 2.88. The van der Waals surface area contributed by atoms with Gasteiger partial charge in [-0.1, -0.05) is 32.8 Å². The summed E-state index contributed by atoms with van der Waals surface area (Å²) in [6.07, 6.45) is 4.87. The Hall–Kier alpha value is -2.57. The molecule has 0 bridgehead atoms. The normalized spacial score (nSPS) is 12.2. The van der Waals surface area contributed by atoms with Crippen LogP contribution >= 0.6 is 0 Å².